The minimum absolute atomic E-state index is 0.0343. The van der Waals surface area contributed by atoms with Crippen LogP contribution in [0.2, 0.25) is 0 Å². The molecule has 6 heteroatoms. The minimum Gasteiger partial charge on any atom is -0.477 e. The highest BCUT2D eigenvalue weighted by Gasteiger charge is 2.39. The molecule has 0 radical (unpaired) electrons. The summed E-state index contributed by atoms with van der Waals surface area (Å²) in [6, 6.07) is 1.78. The predicted molar refractivity (Wildman–Crippen MR) is 125 cm³/mol. The van der Waals surface area contributed by atoms with Gasteiger partial charge < -0.3 is 14.7 Å². The standard InChI is InChI=1S/C25H35NO4S/c1-16-6-8-17(9-7-16)23(27)26(18-10-11-19(14-18)30-5)21-15-20(12-13-25(2,3)4)31-22(21)24(28)29/h15-19H,6-11,14H2,1-5H3,(H,28,29)/t16-,17-,18-,19+/m0/s1. The number of carboxylic acid groups (broad SMARTS) is 1. The van der Waals surface area contributed by atoms with Crippen molar-refractivity contribution in [1.29, 1.82) is 0 Å². The number of amides is 1. The molecule has 0 bridgehead atoms. The normalized spacial score (nSPS) is 26.2. The molecule has 2 saturated carbocycles. The predicted octanol–water partition coefficient (Wildman–Crippen LogP) is 5.57. The van der Waals surface area contributed by atoms with Crippen molar-refractivity contribution in [2.45, 2.75) is 84.8 Å². The number of rotatable bonds is 5. The van der Waals surface area contributed by atoms with E-state index in [-0.39, 0.29) is 34.3 Å². The average Bonchev–Trinajstić information content (AvgIpc) is 3.34. The minimum atomic E-state index is -1.000. The van der Waals surface area contributed by atoms with Gasteiger partial charge in [-0.05, 0) is 77.7 Å². The van der Waals surface area contributed by atoms with Crippen LogP contribution in [-0.4, -0.2) is 36.2 Å². The monoisotopic (exact) mass is 445 g/mol. The van der Waals surface area contributed by atoms with Gasteiger partial charge >= 0.3 is 5.97 Å². The number of carbonyl (C=O) groups excluding carboxylic acids is 1. The Morgan fingerprint density at radius 3 is 2.39 bits per heavy atom. The summed E-state index contributed by atoms with van der Waals surface area (Å²) in [7, 11) is 1.70. The van der Waals surface area contributed by atoms with Crippen LogP contribution in [0.4, 0.5) is 5.69 Å². The zero-order chi connectivity index (χ0) is 22.8. The SMILES string of the molecule is CO[C@@H]1CC[C@H](N(c2cc(C#CC(C)(C)C)sc2C(=O)O)C(=O)[C@H]2CC[C@H](C)CC2)C1. The molecule has 5 nitrogen and oxygen atoms in total. The smallest absolute Gasteiger partial charge is 0.348 e. The van der Waals surface area contributed by atoms with Crippen LogP contribution in [0.15, 0.2) is 6.07 Å². The lowest BCUT2D eigenvalue weighted by atomic mass is 9.82. The fourth-order valence-electron chi connectivity index (χ4n) is 4.59. The molecule has 1 amide bonds. The Bertz CT molecular complexity index is 864. The highest BCUT2D eigenvalue weighted by molar-refractivity contribution is 7.15. The summed E-state index contributed by atoms with van der Waals surface area (Å²) in [6.07, 6.45) is 6.41. The van der Waals surface area contributed by atoms with Crippen LogP contribution >= 0.6 is 11.3 Å². The van der Waals surface area contributed by atoms with Crippen LogP contribution in [0, 0.1) is 29.1 Å². The largest absolute Gasteiger partial charge is 0.477 e. The molecule has 1 aromatic rings. The van der Waals surface area contributed by atoms with Gasteiger partial charge in [0.2, 0.25) is 5.91 Å². The number of methoxy groups -OCH3 is 1. The van der Waals surface area contributed by atoms with Crippen molar-refractivity contribution in [1.82, 2.24) is 0 Å². The van der Waals surface area contributed by atoms with E-state index in [0.717, 1.165) is 44.9 Å². The molecule has 170 valence electrons. The van der Waals surface area contributed by atoms with Crippen molar-refractivity contribution in [3.63, 3.8) is 0 Å². The molecule has 0 aliphatic heterocycles. The van der Waals surface area contributed by atoms with Crippen LogP contribution in [-0.2, 0) is 9.53 Å². The maximum absolute atomic E-state index is 13.7. The molecule has 1 aromatic heterocycles. The molecule has 0 unspecified atom stereocenters. The lowest BCUT2D eigenvalue weighted by Gasteiger charge is -2.34. The van der Waals surface area contributed by atoms with E-state index in [0.29, 0.717) is 16.5 Å². The fourth-order valence-corrected chi connectivity index (χ4v) is 5.43. The topological polar surface area (TPSA) is 66.8 Å². The van der Waals surface area contributed by atoms with Gasteiger partial charge in [-0.3, -0.25) is 4.79 Å². The second-order valence-electron chi connectivity index (χ2n) is 10.1. The summed E-state index contributed by atoms with van der Waals surface area (Å²) in [4.78, 5) is 28.6. The van der Waals surface area contributed by atoms with Gasteiger partial charge in [-0.25, -0.2) is 4.79 Å². The Morgan fingerprint density at radius 2 is 1.84 bits per heavy atom. The van der Waals surface area contributed by atoms with Gasteiger partial charge in [-0.1, -0.05) is 18.8 Å². The molecular weight excluding hydrogens is 410 g/mol. The van der Waals surface area contributed by atoms with Crippen LogP contribution in [0.3, 0.4) is 0 Å². The molecule has 2 fully saturated rings. The number of aromatic carboxylic acids is 1. The Labute approximate surface area is 190 Å². The second-order valence-corrected chi connectivity index (χ2v) is 11.2. The molecular formula is C25H35NO4S. The molecule has 31 heavy (non-hydrogen) atoms. The van der Waals surface area contributed by atoms with E-state index in [1.807, 2.05) is 31.7 Å². The molecule has 2 aliphatic rings. The fraction of sp³-hybridized carbons (Fsp3) is 0.680. The van der Waals surface area contributed by atoms with Crippen molar-refractivity contribution < 1.29 is 19.4 Å². The molecule has 3 rings (SSSR count). The zero-order valence-electron chi connectivity index (χ0n) is 19.4. The van der Waals surface area contributed by atoms with Crippen molar-refractivity contribution >= 4 is 28.9 Å². The van der Waals surface area contributed by atoms with E-state index in [9.17, 15) is 14.7 Å². The van der Waals surface area contributed by atoms with Crippen molar-refractivity contribution in [3.05, 3.63) is 15.8 Å². The van der Waals surface area contributed by atoms with Crippen LogP contribution < -0.4 is 4.90 Å². The third-order valence-electron chi connectivity index (χ3n) is 6.38. The highest BCUT2D eigenvalue weighted by Crippen LogP contribution is 2.39. The molecule has 0 aromatic carbocycles. The van der Waals surface area contributed by atoms with E-state index < -0.39 is 5.97 Å². The van der Waals surface area contributed by atoms with Gasteiger partial charge in [-0.2, -0.15) is 0 Å². The van der Waals surface area contributed by atoms with E-state index in [2.05, 4.69) is 18.8 Å². The van der Waals surface area contributed by atoms with Gasteiger partial charge in [0.05, 0.1) is 16.7 Å². The zero-order valence-corrected chi connectivity index (χ0v) is 20.2. The number of hydrogen-bond donors (Lipinski definition) is 1. The van der Waals surface area contributed by atoms with Gasteiger partial charge in [0.25, 0.3) is 0 Å². The quantitative estimate of drug-likeness (QED) is 0.602. The van der Waals surface area contributed by atoms with Crippen molar-refractivity contribution in [2.24, 2.45) is 17.3 Å². The Morgan fingerprint density at radius 1 is 1.16 bits per heavy atom. The maximum Gasteiger partial charge on any atom is 0.348 e. The number of nitrogens with zero attached hydrogens (tertiary/aromatic N) is 1. The van der Waals surface area contributed by atoms with E-state index in [4.69, 9.17) is 4.74 Å². The van der Waals surface area contributed by atoms with Gasteiger partial charge in [-0.15, -0.1) is 11.3 Å². The summed E-state index contributed by atoms with van der Waals surface area (Å²) in [5.74, 6) is 6.00. The van der Waals surface area contributed by atoms with E-state index in [1.54, 1.807) is 7.11 Å². The van der Waals surface area contributed by atoms with Gasteiger partial charge in [0, 0.05) is 24.5 Å². The average molecular weight is 446 g/mol. The molecule has 0 saturated heterocycles. The van der Waals surface area contributed by atoms with E-state index >= 15 is 0 Å². The summed E-state index contributed by atoms with van der Waals surface area (Å²) >= 11 is 1.17. The Kier molecular flexibility index (Phi) is 7.49. The molecule has 2 aliphatic carbocycles. The number of thiophene rings is 1. The first kappa shape index (κ1) is 23.8. The van der Waals surface area contributed by atoms with Crippen molar-refractivity contribution in [2.75, 3.05) is 12.0 Å². The lowest BCUT2D eigenvalue weighted by molar-refractivity contribution is -0.124. The first-order valence-corrected chi connectivity index (χ1v) is 12.2. The van der Waals surface area contributed by atoms with Crippen molar-refractivity contribution in [3.8, 4) is 11.8 Å². The molecule has 1 N–H and O–H groups in total. The van der Waals surface area contributed by atoms with Crippen LogP contribution in [0.25, 0.3) is 0 Å². The number of hydrogen-bond acceptors (Lipinski definition) is 4. The second kappa shape index (κ2) is 9.75. The maximum atomic E-state index is 13.7. The van der Waals surface area contributed by atoms with Gasteiger partial charge in [0.1, 0.15) is 4.88 Å². The summed E-state index contributed by atoms with van der Waals surface area (Å²) in [6.45, 7) is 8.31. The number of anilines is 1. The lowest BCUT2D eigenvalue weighted by Crippen LogP contribution is -2.44. The summed E-state index contributed by atoms with van der Waals surface area (Å²) in [5.41, 5.74) is 0.333. The third-order valence-corrected chi connectivity index (χ3v) is 7.41. The summed E-state index contributed by atoms with van der Waals surface area (Å²) in [5, 5.41) is 9.92. The first-order valence-electron chi connectivity index (χ1n) is 11.3. The number of ether oxygens (including phenoxy) is 1. The Balaban J connectivity index is 2.00. The third kappa shape index (κ3) is 5.90. The highest BCUT2D eigenvalue weighted by atomic mass is 32.1. The van der Waals surface area contributed by atoms with E-state index in [1.165, 1.54) is 11.3 Å². The summed E-state index contributed by atoms with van der Waals surface area (Å²) < 4.78 is 5.55. The van der Waals surface area contributed by atoms with Crippen LogP contribution in [0.5, 0.6) is 0 Å². The molecule has 1 heterocycles. The first-order chi connectivity index (χ1) is 14.6. The molecule has 2 atom stereocenters. The molecule has 0 spiro atoms. The Hall–Kier alpha value is -1.84. The van der Waals surface area contributed by atoms with Gasteiger partial charge in [0.15, 0.2) is 0 Å². The number of carbonyl (C=O) groups is 2. The number of carboxylic acids is 1. The van der Waals surface area contributed by atoms with Crippen LogP contribution in [0.1, 0.15) is 87.2 Å².